The minimum Gasteiger partial charge on any atom is -0.379 e. The summed E-state index contributed by atoms with van der Waals surface area (Å²) in [5.74, 6) is 0.234. The first-order chi connectivity index (χ1) is 17.3. The lowest BCUT2D eigenvalue weighted by molar-refractivity contribution is 0.0730. The Morgan fingerprint density at radius 3 is 2.58 bits per heavy atom. The number of nitrogens with one attached hydrogen (secondary N) is 1. The number of aromatic nitrogens is 1. The summed E-state index contributed by atoms with van der Waals surface area (Å²) in [6, 6.07) is 14.7. The van der Waals surface area contributed by atoms with Gasteiger partial charge in [0.15, 0.2) is 5.13 Å². The molecule has 0 unspecified atom stereocenters. The molecule has 0 atom stereocenters. The highest BCUT2D eigenvalue weighted by atomic mass is 32.2. The fraction of sp³-hybridized carbons (Fsp3) is 0.385. The van der Waals surface area contributed by atoms with E-state index in [1.807, 2.05) is 49.2 Å². The molecule has 1 aliphatic carbocycles. The topological polar surface area (TPSA) is 91.8 Å². The van der Waals surface area contributed by atoms with Gasteiger partial charge in [-0.2, -0.15) is 4.31 Å². The number of sulfonamides is 1. The van der Waals surface area contributed by atoms with Gasteiger partial charge in [0.1, 0.15) is 0 Å². The van der Waals surface area contributed by atoms with E-state index in [9.17, 15) is 13.2 Å². The molecule has 1 saturated heterocycles. The Morgan fingerprint density at radius 1 is 1.17 bits per heavy atom. The molecule has 3 aromatic rings. The second-order valence-corrected chi connectivity index (χ2v) is 12.4. The van der Waals surface area contributed by atoms with Gasteiger partial charge in [-0.15, -0.1) is 11.3 Å². The summed E-state index contributed by atoms with van der Waals surface area (Å²) in [6.45, 7) is 4.12. The van der Waals surface area contributed by atoms with Gasteiger partial charge in [0.05, 0.1) is 29.4 Å². The smallest absolute Gasteiger partial charge is 0.259 e. The van der Waals surface area contributed by atoms with E-state index in [1.165, 1.54) is 34.6 Å². The molecule has 2 fully saturated rings. The Kier molecular flexibility index (Phi) is 7.11. The predicted molar refractivity (Wildman–Crippen MR) is 142 cm³/mol. The maximum atomic E-state index is 13.6. The maximum Gasteiger partial charge on any atom is 0.259 e. The summed E-state index contributed by atoms with van der Waals surface area (Å²) < 4.78 is 33.3. The SMILES string of the molecule is Cc1sc(NC(=O)c2cc(S(=O)(=O)N3CCOCC3)ccc2N(C)CC2CC2)nc1-c1ccccc1. The van der Waals surface area contributed by atoms with Gasteiger partial charge in [-0.05, 0) is 43.9 Å². The molecule has 0 radical (unpaired) electrons. The largest absolute Gasteiger partial charge is 0.379 e. The molecule has 2 heterocycles. The van der Waals surface area contributed by atoms with Crippen molar-refractivity contribution in [3.63, 3.8) is 0 Å². The van der Waals surface area contributed by atoms with Crippen LogP contribution in [0, 0.1) is 12.8 Å². The van der Waals surface area contributed by atoms with E-state index in [1.54, 1.807) is 12.1 Å². The van der Waals surface area contributed by atoms with Crippen LogP contribution < -0.4 is 10.2 Å². The lowest BCUT2D eigenvalue weighted by Gasteiger charge is -2.27. The number of ether oxygens (including phenoxy) is 1. The van der Waals surface area contributed by atoms with Crippen LogP contribution in [0.4, 0.5) is 10.8 Å². The number of nitrogens with zero attached hydrogens (tertiary/aromatic N) is 3. The van der Waals surface area contributed by atoms with E-state index in [0.29, 0.717) is 48.6 Å². The van der Waals surface area contributed by atoms with Gasteiger partial charge in [0.2, 0.25) is 10.0 Å². The zero-order valence-electron chi connectivity index (χ0n) is 20.4. The highest BCUT2D eigenvalue weighted by molar-refractivity contribution is 7.89. The lowest BCUT2D eigenvalue weighted by atomic mass is 10.1. The predicted octanol–water partition coefficient (Wildman–Crippen LogP) is 4.24. The minimum atomic E-state index is -3.74. The molecule has 2 aliphatic rings. The number of hydrogen-bond acceptors (Lipinski definition) is 7. The lowest BCUT2D eigenvalue weighted by Crippen LogP contribution is -2.40. The first-order valence-corrected chi connectivity index (χ1v) is 14.4. The van der Waals surface area contributed by atoms with E-state index >= 15 is 0 Å². The van der Waals surface area contributed by atoms with Gasteiger partial charge >= 0.3 is 0 Å². The van der Waals surface area contributed by atoms with Crippen LogP contribution in [0.25, 0.3) is 11.3 Å². The van der Waals surface area contributed by atoms with Crippen LogP contribution in [-0.4, -0.2) is 63.5 Å². The number of thiazole rings is 1. The fourth-order valence-electron chi connectivity index (χ4n) is 4.39. The first kappa shape index (κ1) is 24.9. The van der Waals surface area contributed by atoms with Crippen LogP contribution in [0.5, 0.6) is 0 Å². The molecule has 36 heavy (non-hydrogen) atoms. The van der Waals surface area contributed by atoms with Crippen molar-refractivity contribution >= 4 is 38.1 Å². The zero-order chi connectivity index (χ0) is 25.3. The van der Waals surface area contributed by atoms with E-state index in [0.717, 1.165) is 22.7 Å². The Bertz CT molecular complexity index is 1350. The van der Waals surface area contributed by atoms with Crippen molar-refractivity contribution in [2.45, 2.75) is 24.7 Å². The summed E-state index contributed by atoms with van der Waals surface area (Å²) >= 11 is 1.40. The Labute approximate surface area is 216 Å². The Morgan fingerprint density at radius 2 is 1.89 bits per heavy atom. The number of carbonyl (C=O) groups is 1. The molecule has 190 valence electrons. The van der Waals surface area contributed by atoms with Crippen LogP contribution in [0.15, 0.2) is 53.4 Å². The number of aryl methyl sites for hydroxylation is 1. The maximum absolute atomic E-state index is 13.6. The van der Waals surface area contributed by atoms with Crippen molar-refractivity contribution in [2.24, 2.45) is 5.92 Å². The molecule has 0 spiro atoms. The molecule has 8 nitrogen and oxygen atoms in total. The first-order valence-electron chi connectivity index (χ1n) is 12.1. The second-order valence-electron chi connectivity index (χ2n) is 9.26. The Hall–Kier alpha value is -2.79. The average molecular weight is 527 g/mol. The van der Waals surface area contributed by atoms with Crippen molar-refractivity contribution in [1.82, 2.24) is 9.29 Å². The van der Waals surface area contributed by atoms with E-state index < -0.39 is 10.0 Å². The monoisotopic (exact) mass is 526 g/mol. The van der Waals surface area contributed by atoms with Crippen molar-refractivity contribution in [2.75, 3.05) is 50.1 Å². The van der Waals surface area contributed by atoms with Gasteiger partial charge < -0.3 is 9.64 Å². The number of benzene rings is 2. The molecule has 1 saturated carbocycles. The highest BCUT2D eigenvalue weighted by Crippen LogP contribution is 2.34. The molecule has 1 amide bonds. The van der Waals surface area contributed by atoms with E-state index in [4.69, 9.17) is 4.74 Å². The highest BCUT2D eigenvalue weighted by Gasteiger charge is 2.30. The van der Waals surface area contributed by atoms with Gasteiger partial charge in [0.25, 0.3) is 5.91 Å². The molecule has 1 aromatic heterocycles. The summed E-state index contributed by atoms with van der Waals surface area (Å²) in [5, 5.41) is 3.41. The van der Waals surface area contributed by atoms with Crippen LogP contribution in [0.1, 0.15) is 28.1 Å². The Balaban J connectivity index is 1.46. The van der Waals surface area contributed by atoms with E-state index in [2.05, 4.69) is 10.3 Å². The molecular weight excluding hydrogens is 496 g/mol. The fourth-order valence-corrected chi connectivity index (χ4v) is 6.66. The molecule has 10 heteroatoms. The van der Waals surface area contributed by atoms with Gasteiger partial charge in [-0.25, -0.2) is 13.4 Å². The van der Waals surface area contributed by atoms with Gasteiger partial charge in [-0.1, -0.05) is 30.3 Å². The van der Waals surface area contributed by atoms with Crippen molar-refractivity contribution in [1.29, 1.82) is 0 Å². The van der Waals surface area contributed by atoms with Crippen LogP contribution in [-0.2, 0) is 14.8 Å². The number of rotatable bonds is 8. The molecule has 5 rings (SSSR count). The number of anilines is 2. The van der Waals surface area contributed by atoms with Crippen molar-refractivity contribution < 1.29 is 17.9 Å². The van der Waals surface area contributed by atoms with Crippen LogP contribution >= 0.6 is 11.3 Å². The summed E-state index contributed by atoms with van der Waals surface area (Å²) in [4.78, 5) is 21.4. The van der Waals surface area contributed by atoms with Crippen molar-refractivity contribution in [3.05, 3.63) is 59.0 Å². The van der Waals surface area contributed by atoms with Crippen LogP contribution in [0.3, 0.4) is 0 Å². The molecule has 1 aliphatic heterocycles. The quantitative estimate of drug-likeness (QED) is 0.472. The third-order valence-electron chi connectivity index (χ3n) is 6.52. The molecule has 0 bridgehead atoms. The molecular formula is C26H30N4O4S2. The normalized spacial score (nSPS) is 16.6. The number of amides is 1. The van der Waals surface area contributed by atoms with Crippen molar-refractivity contribution in [3.8, 4) is 11.3 Å². The number of hydrogen-bond donors (Lipinski definition) is 1. The van der Waals surface area contributed by atoms with Crippen LogP contribution in [0.2, 0.25) is 0 Å². The number of carbonyl (C=O) groups excluding carboxylic acids is 1. The molecule has 2 aromatic carbocycles. The van der Waals surface area contributed by atoms with E-state index in [-0.39, 0.29) is 10.8 Å². The molecule has 1 N–H and O–H groups in total. The second kappa shape index (κ2) is 10.3. The minimum absolute atomic E-state index is 0.110. The third-order valence-corrected chi connectivity index (χ3v) is 9.31. The zero-order valence-corrected chi connectivity index (χ0v) is 22.1. The number of morpholine rings is 1. The average Bonchev–Trinajstić information content (AvgIpc) is 3.64. The summed E-state index contributed by atoms with van der Waals surface area (Å²) in [7, 11) is -1.79. The van der Waals surface area contributed by atoms with Gasteiger partial charge in [-0.3, -0.25) is 10.1 Å². The standard InChI is InChI=1S/C26H30N4O4S2/c1-18-24(20-6-4-3-5-7-20)27-26(35-18)28-25(31)22-16-21(36(32,33)30-12-14-34-15-13-30)10-11-23(22)29(2)17-19-8-9-19/h3-7,10-11,16,19H,8-9,12-15,17H2,1-2H3,(H,27,28,31). The third kappa shape index (κ3) is 5.31. The summed E-state index contributed by atoms with van der Waals surface area (Å²) in [5.41, 5.74) is 2.83. The summed E-state index contributed by atoms with van der Waals surface area (Å²) in [6.07, 6.45) is 2.35. The van der Waals surface area contributed by atoms with Gasteiger partial charge in [0, 0.05) is 42.8 Å².